The molecule has 2 bridgehead atoms. The van der Waals surface area contributed by atoms with Crippen molar-refractivity contribution >= 4 is 5.91 Å². The fourth-order valence-corrected chi connectivity index (χ4v) is 5.69. The summed E-state index contributed by atoms with van der Waals surface area (Å²) in [7, 11) is 1.49. The quantitative estimate of drug-likeness (QED) is 0.736. The Morgan fingerprint density at radius 3 is 3.03 bits per heavy atom. The van der Waals surface area contributed by atoms with Gasteiger partial charge in [-0.15, -0.1) is 0 Å². The van der Waals surface area contributed by atoms with E-state index in [1.807, 2.05) is 6.07 Å². The highest BCUT2D eigenvalue weighted by Gasteiger charge is 2.62. The molecule has 1 amide bonds. The fraction of sp³-hybridized carbons (Fsp3) is 0.478. The zero-order chi connectivity index (χ0) is 21.6. The lowest BCUT2D eigenvalue weighted by Gasteiger charge is -2.29. The number of benzene rings is 1. The van der Waals surface area contributed by atoms with Crippen molar-refractivity contribution < 1.29 is 18.7 Å². The van der Waals surface area contributed by atoms with Gasteiger partial charge >= 0.3 is 0 Å². The lowest BCUT2D eigenvalue weighted by Crippen LogP contribution is -2.42. The average molecular weight is 427 g/mol. The molecule has 1 aromatic carbocycles. The normalized spacial score (nSPS) is 29.2. The molecule has 1 aromatic heterocycles. The Morgan fingerprint density at radius 2 is 2.26 bits per heavy atom. The second-order valence-corrected chi connectivity index (χ2v) is 8.78. The largest absolute Gasteiger partial charge is 0.493 e. The monoisotopic (exact) mass is 427 g/mol. The highest BCUT2D eigenvalue weighted by molar-refractivity contribution is 5.93. The van der Waals surface area contributed by atoms with Crippen molar-refractivity contribution in [2.75, 3.05) is 26.7 Å². The molecule has 7 nitrogen and oxygen atoms in total. The third-order valence-electron chi connectivity index (χ3n) is 7.05. The van der Waals surface area contributed by atoms with Crippen LogP contribution < -0.4 is 15.6 Å². The van der Waals surface area contributed by atoms with Crippen molar-refractivity contribution in [1.82, 2.24) is 15.2 Å². The number of para-hydroxylation sites is 1. The summed E-state index contributed by atoms with van der Waals surface area (Å²) >= 11 is 0. The van der Waals surface area contributed by atoms with E-state index >= 15 is 0 Å². The van der Waals surface area contributed by atoms with Gasteiger partial charge in [0, 0.05) is 55.8 Å². The molecule has 5 rings (SSSR count). The first kappa shape index (κ1) is 20.2. The van der Waals surface area contributed by atoms with Gasteiger partial charge in [0.25, 0.3) is 5.91 Å². The first-order valence-corrected chi connectivity index (χ1v) is 10.7. The van der Waals surface area contributed by atoms with Crippen molar-refractivity contribution in [3.63, 3.8) is 0 Å². The molecular weight excluding hydrogens is 401 g/mol. The molecule has 2 aromatic rings. The standard InChI is InChI=1S/C23H26FN3O4/c1-30-21-15(3-2-4-18(21)24)11-27-12-17-16(19-7-8-23(17,13-27)31-19)10-26-22(29)14-5-6-20(28)25-9-14/h2-6,9,16-17,19H,7-8,10-13H2,1H3,(H,25,28)(H,26,29)/t16-,17+,19+,23+/m0/s1. The van der Waals surface area contributed by atoms with E-state index in [1.54, 1.807) is 6.07 Å². The van der Waals surface area contributed by atoms with E-state index in [2.05, 4.69) is 15.2 Å². The smallest absolute Gasteiger partial charge is 0.252 e. The molecule has 3 aliphatic heterocycles. The van der Waals surface area contributed by atoms with Crippen molar-refractivity contribution in [3.05, 3.63) is 63.8 Å². The number of halogens is 1. The molecule has 4 heterocycles. The summed E-state index contributed by atoms with van der Waals surface area (Å²) in [4.78, 5) is 28.5. The zero-order valence-corrected chi connectivity index (χ0v) is 17.4. The Bertz CT molecular complexity index is 1040. The third kappa shape index (κ3) is 3.53. The van der Waals surface area contributed by atoms with Gasteiger partial charge in [0.2, 0.25) is 5.56 Å². The van der Waals surface area contributed by atoms with Crippen LogP contribution in [0.4, 0.5) is 4.39 Å². The molecule has 0 radical (unpaired) electrons. The molecule has 1 spiro atoms. The van der Waals surface area contributed by atoms with Crippen LogP contribution in [0.1, 0.15) is 28.8 Å². The molecule has 164 valence electrons. The Balaban J connectivity index is 1.26. The van der Waals surface area contributed by atoms with Crippen molar-refractivity contribution in [1.29, 1.82) is 0 Å². The van der Waals surface area contributed by atoms with Crippen LogP contribution in [0.2, 0.25) is 0 Å². The van der Waals surface area contributed by atoms with Crippen LogP contribution >= 0.6 is 0 Å². The van der Waals surface area contributed by atoms with E-state index in [1.165, 1.54) is 31.5 Å². The fourth-order valence-electron chi connectivity index (χ4n) is 5.69. The Morgan fingerprint density at radius 1 is 1.39 bits per heavy atom. The van der Waals surface area contributed by atoms with E-state index in [-0.39, 0.29) is 34.9 Å². The van der Waals surface area contributed by atoms with E-state index in [0.29, 0.717) is 30.3 Å². The predicted molar refractivity (Wildman–Crippen MR) is 111 cm³/mol. The Labute approximate surface area is 179 Å². The molecule has 0 aliphatic carbocycles. The highest BCUT2D eigenvalue weighted by Crippen LogP contribution is 2.54. The van der Waals surface area contributed by atoms with Crippen LogP contribution in [0.15, 0.2) is 41.3 Å². The van der Waals surface area contributed by atoms with Gasteiger partial charge in [-0.25, -0.2) is 4.39 Å². The molecule has 3 fully saturated rings. The number of hydrogen-bond acceptors (Lipinski definition) is 5. The first-order chi connectivity index (χ1) is 15.0. The van der Waals surface area contributed by atoms with Crippen LogP contribution in [-0.4, -0.2) is 54.2 Å². The Hall–Kier alpha value is -2.71. The number of aromatic nitrogens is 1. The molecule has 3 aliphatic rings. The number of hydrogen-bond donors (Lipinski definition) is 2. The van der Waals surface area contributed by atoms with Gasteiger partial charge in [0.1, 0.15) is 0 Å². The number of pyridine rings is 1. The maximum Gasteiger partial charge on any atom is 0.252 e. The molecule has 0 unspecified atom stereocenters. The van der Waals surface area contributed by atoms with Gasteiger partial charge in [-0.2, -0.15) is 0 Å². The number of fused-ring (bicyclic) bond motifs is 1. The zero-order valence-electron chi connectivity index (χ0n) is 17.4. The van der Waals surface area contributed by atoms with Gasteiger partial charge in [-0.05, 0) is 25.0 Å². The number of amides is 1. The second-order valence-electron chi connectivity index (χ2n) is 8.78. The number of H-pyrrole nitrogens is 1. The van der Waals surface area contributed by atoms with Gasteiger partial charge < -0.3 is 19.8 Å². The van der Waals surface area contributed by atoms with Crippen LogP contribution in [-0.2, 0) is 11.3 Å². The Kier molecular flexibility index (Phi) is 5.06. The van der Waals surface area contributed by atoms with Gasteiger partial charge in [0.15, 0.2) is 11.6 Å². The third-order valence-corrected chi connectivity index (χ3v) is 7.05. The summed E-state index contributed by atoms with van der Waals surface area (Å²) in [5, 5.41) is 3.02. The van der Waals surface area contributed by atoms with Gasteiger partial charge in [0.05, 0.1) is 24.4 Å². The maximum absolute atomic E-state index is 14.1. The summed E-state index contributed by atoms with van der Waals surface area (Å²) in [6, 6.07) is 7.88. The summed E-state index contributed by atoms with van der Waals surface area (Å²) in [6.45, 7) is 2.78. The molecule has 31 heavy (non-hydrogen) atoms. The number of nitrogens with zero attached hydrogens (tertiary/aromatic N) is 1. The maximum atomic E-state index is 14.1. The highest BCUT2D eigenvalue weighted by atomic mass is 19.1. The van der Waals surface area contributed by atoms with E-state index in [9.17, 15) is 14.0 Å². The van der Waals surface area contributed by atoms with E-state index in [0.717, 1.165) is 31.5 Å². The first-order valence-electron chi connectivity index (χ1n) is 10.7. The summed E-state index contributed by atoms with van der Waals surface area (Å²) in [5.41, 5.74) is 0.848. The molecule has 4 atom stereocenters. The summed E-state index contributed by atoms with van der Waals surface area (Å²) in [6.07, 6.45) is 3.60. The lowest BCUT2D eigenvalue weighted by molar-refractivity contribution is 0.00206. The van der Waals surface area contributed by atoms with Crippen LogP contribution in [0.3, 0.4) is 0 Å². The molecule has 3 saturated heterocycles. The molecular formula is C23H26FN3O4. The molecule has 2 N–H and O–H groups in total. The summed E-state index contributed by atoms with van der Waals surface area (Å²) < 4.78 is 25.8. The second kappa shape index (κ2) is 7.76. The number of nitrogens with one attached hydrogen (secondary N) is 2. The van der Waals surface area contributed by atoms with E-state index < -0.39 is 0 Å². The minimum atomic E-state index is -0.349. The van der Waals surface area contributed by atoms with Crippen molar-refractivity contribution in [2.45, 2.75) is 31.1 Å². The average Bonchev–Trinajstić information content (AvgIpc) is 3.41. The number of carbonyl (C=O) groups is 1. The van der Waals surface area contributed by atoms with E-state index in [4.69, 9.17) is 9.47 Å². The van der Waals surface area contributed by atoms with Crippen molar-refractivity contribution in [3.8, 4) is 5.75 Å². The number of carbonyl (C=O) groups excluding carboxylic acids is 1. The lowest BCUT2D eigenvalue weighted by atomic mass is 9.73. The van der Waals surface area contributed by atoms with Gasteiger partial charge in [-0.3, -0.25) is 14.5 Å². The number of aromatic amines is 1. The molecule has 8 heteroatoms. The molecule has 0 saturated carbocycles. The summed E-state index contributed by atoms with van der Waals surface area (Å²) in [5.74, 6) is 0.304. The minimum Gasteiger partial charge on any atom is -0.493 e. The topological polar surface area (TPSA) is 83.7 Å². The number of ether oxygens (including phenoxy) is 2. The van der Waals surface area contributed by atoms with Gasteiger partial charge in [-0.1, -0.05) is 12.1 Å². The van der Waals surface area contributed by atoms with Crippen LogP contribution in [0, 0.1) is 17.7 Å². The predicted octanol–water partition coefficient (Wildman–Crippen LogP) is 1.93. The minimum absolute atomic E-state index is 0.159. The number of likely N-dealkylation sites (tertiary alicyclic amines) is 1. The van der Waals surface area contributed by atoms with Crippen LogP contribution in [0.5, 0.6) is 5.75 Å². The number of rotatable bonds is 6. The number of methoxy groups -OCH3 is 1. The van der Waals surface area contributed by atoms with Crippen LogP contribution in [0.25, 0.3) is 0 Å². The SMILES string of the molecule is COc1c(F)cccc1CN1C[C@@H]2[C@H](CNC(=O)c3ccc(=O)[nH]c3)[C@H]3CC[C@]2(C1)O3. The van der Waals surface area contributed by atoms with Crippen molar-refractivity contribution in [2.24, 2.45) is 11.8 Å².